The fourth-order valence-corrected chi connectivity index (χ4v) is 6.48. The maximum atomic E-state index is 12.2. The normalized spacial score (nSPS) is 47.0. The molecule has 3 fully saturated rings. The van der Waals surface area contributed by atoms with Gasteiger partial charge in [0, 0.05) is 5.41 Å². The Kier molecular flexibility index (Phi) is 3.59. The average Bonchev–Trinajstić information content (AvgIpc) is 2.96. The molecule has 4 nitrogen and oxygen atoms in total. The van der Waals surface area contributed by atoms with Gasteiger partial charge in [-0.05, 0) is 67.8 Å². The van der Waals surface area contributed by atoms with E-state index in [0.29, 0.717) is 23.7 Å². The molecule has 0 aromatic rings. The zero-order valence-electron chi connectivity index (χ0n) is 15.0. The van der Waals surface area contributed by atoms with Gasteiger partial charge in [0.05, 0.1) is 7.11 Å². The van der Waals surface area contributed by atoms with Gasteiger partial charge in [-0.2, -0.15) is 0 Å². The van der Waals surface area contributed by atoms with E-state index in [1.165, 1.54) is 39.2 Å². The topological polar surface area (TPSA) is 52.6 Å². The predicted molar refractivity (Wildman–Crippen MR) is 88.7 cm³/mol. The number of esters is 2. The fraction of sp³-hybridized carbons (Fsp3) is 0.800. The minimum atomic E-state index is -0.771. The number of ether oxygens (including phenoxy) is 2. The number of hydrogen-bond acceptors (Lipinski definition) is 4. The number of allylic oxidation sites excluding steroid dienone is 2. The smallest absolute Gasteiger partial charge is 0.325 e. The van der Waals surface area contributed by atoms with E-state index in [-0.39, 0.29) is 5.41 Å². The molecular weight excluding hydrogens is 304 g/mol. The third kappa shape index (κ3) is 2.11. The molecule has 132 valence electrons. The quantitative estimate of drug-likeness (QED) is 0.540. The second-order valence-electron chi connectivity index (χ2n) is 8.88. The summed E-state index contributed by atoms with van der Waals surface area (Å²) in [4.78, 5) is 24.3. The highest BCUT2D eigenvalue weighted by Gasteiger charge is 2.59. The Labute approximate surface area is 144 Å². The van der Waals surface area contributed by atoms with E-state index in [1.807, 2.05) is 0 Å². The summed E-state index contributed by atoms with van der Waals surface area (Å²) in [6, 6.07) is 0. The van der Waals surface area contributed by atoms with Crippen molar-refractivity contribution in [3.05, 3.63) is 11.8 Å². The summed E-state index contributed by atoms with van der Waals surface area (Å²) in [5, 5.41) is 0. The summed E-state index contributed by atoms with van der Waals surface area (Å²) in [6.07, 6.45) is 10.2. The molecule has 0 radical (unpaired) electrons. The first-order valence-electron chi connectivity index (χ1n) is 9.39. The lowest BCUT2D eigenvalue weighted by molar-refractivity contribution is -0.170. The van der Waals surface area contributed by atoms with Crippen LogP contribution in [0.5, 0.6) is 0 Å². The van der Waals surface area contributed by atoms with Crippen LogP contribution in [0.15, 0.2) is 11.8 Å². The van der Waals surface area contributed by atoms with Crippen LogP contribution in [0.2, 0.25) is 0 Å². The van der Waals surface area contributed by atoms with Crippen molar-refractivity contribution in [3.63, 3.8) is 0 Å². The number of carbonyl (C=O) groups excluding carboxylic acids is 2. The highest BCUT2D eigenvalue weighted by molar-refractivity contribution is 5.96. The van der Waals surface area contributed by atoms with E-state index < -0.39 is 17.9 Å². The molecule has 4 rings (SSSR count). The number of carbonyl (C=O) groups is 2. The molecule has 1 aliphatic heterocycles. The Morgan fingerprint density at radius 1 is 1.25 bits per heavy atom. The van der Waals surface area contributed by atoms with Gasteiger partial charge in [0.25, 0.3) is 0 Å². The lowest BCUT2D eigenvalue weighted by atomic mass is 9.50. The summed E-state index contributed by atoms with van der Waals surface area (Å²) in [6.45, 7) is 4.68. The summed E-state index contributed by atoms with van der Waals surface area (Å²) in [7, 11) is 1.34. The van der Waals surface area contributed by atoms with Gasteiger partial charge >= 0.3 is 11.9 Å². The van der Waals surface area contributed by atoms with Gasteiger partial charge in [-0.25, -0.2) is 0 Å². The maximum absolute atomic E-state index is 12.2. The van der Waals surface area contributed by atoms with Gasteiger partial charge in [-0.3, -0.25) is 9.59 Å². The molecule has 4 heteroatoms. The van der Waals surface area contributed by atoms with E-state index in [9.17, 15) is 9.59 Å². The lowest BCUT2D eigenvalue weighted by Gasteiger charge is -2.56. The van der Waals surface area contributed by atoms with Gasteiger partial charge in [-0.15, -0.1) is 0 Å². The van der Waals surface area contributed by atoms with Crippen molar-refractivity contribution < 1.29 is 19.1 Å². The van der Waals surface area contributed by atoms with Crippen LogP contribution in [-0.4, -0.2) is 19.0 Å². The zero-order chi connectivity index (χ0) is 17.1. The second kappa shape index (κ2) is 5.34. The van der Waals surface area contributed by atoms with Crippen LogP contribution >= 0.6 is 0 Å². The molecule has 0 N–H and O–H groups in total. The van der Waals surface area contributed by atoms with E-state index >= 15 is 0 Å². The van der Waals surface area contributed by atoms with Crippen molar-refractivity contribution in [1.29, 1.82) is 0 Å². The molecule has 4 aliphatic rings. The number of methoxy groups -OCH3 is 1. The Balaban J connectivity index is 1.67. The molecule has 0 amide bonds. The second-order valence-corrected chi connectivity index (χ2v) is 8.88. The summed E-state index contributed by atoms with van der Waals surface area (Å²) in [5.41, 5.74) is 0.287. The largest absolute Gasteiger partial charge is 0.468 e. The summed E-state index contributed by atoms with van der Waals surface area (Å²) in [5.74, 6) is 1.10. The van der Waals surface area contributed by atoms with Crippen LogP contribution in [0.1, 0.15) is 58.8 Å². The van der Waals surface area contributed by atoms with E-state index in [4.69, 9.17) is 9.47 Å². The molecule has 1 heterocycles. The first kappa shape index (κ1) is 16.2. The monoisotopic (exact) mass is 332 g/mol. The first-order valence-corrected chi connectivity index (χ1v) is 9.39. The predicted octanol–water partition coefficient (Wildman–Crippen LogP) is 3.85. The Morgan fingerprint density at radius 3 is 2.79 bits per heavy atom. The van der Waals surface area contributed by atoms with Gasteiger partial charge < -0.3 is 9.47 Å². The Hall–Kier alpha value is -1.32. The van der Waals surface area contributed by atoms with Crippen molar-refractivity contribution in [2.75, 3.05) is 7.11 Å². The molecular formula is C20H28O4. The van der Waals surface area contributed by atoms with Crippen LogP contribution in [0.4, 0.5) is 0 Å². The number of hydrogen-bond donors (Lipinski definition) is 0. The number of rotatable bonds is 1. The molecule has 24 heavy (non-hydrogen) atoms. The highest BCUT2D eigenvalue weighted by Crippen LogP contribution is 2.64. The average molecular weight is 332 g/mol. The molecule has 3 aliphatic carbocycles. The summed E-state index contributed by atoms with van der Waals surface area (Å²) >= 11 is 0. The Morgan fingerprint density at radius 2 is 2.04 bits per heavy atom. The fourth-order valence-electron chi connectivity index (χ4n) is 6.48. The molecule has 2 saturated carbocycles. The van der Waals surface area contributed by atoms with Crippen molar-refractivity contribution in [2.24, 2.45) is 34.5 Å². The minimum absolute atomic E-state index is 0.209. The van der Waals surface area contributed by atoms with Crippen molar-refractivity contribution in [2.45, 2.75) is 58.8 Å². The number of fused-ring (bicyclic) bond motifs is 5. The van der Waals surface area contributed by atoms with Crippen molar-refractivity contribution in [1.82, 2.24) is 0 Å². The highest BCUT2D eigenvalue weighted by atomic mass is 16.6. The third-order valence-electron chi connectivity index (χ3n) is 7.78. The first-order chi connectivity index (χ1) is 11.4. The molecule has 0 aromatic carbocycles. The molecule has 0 bridgehead atoms. The lowest BCUT2D eigenvalue weighted by Crippen LogP contribution is -2.52. The van der Waals surface area contributed by atoms with E-state index in [0.717, 1.165) is 18.1 Å². The van der Waals surface area contributed by atoms with Gasteiger partial charge in [-0.1, -0.05) is 20.3 Å². The van der Waals surface area contributed by atoms with Crippen LogP contribution in [0.3, 0.4) is 0 Å². The van der Waals surface area contributed by atoms with Gasteiger partial charge in [0.2, 0.25) is 0 Å². The van der Waals surface area contributed by atoms with Crippen molar-refractivity contribution >= 4 is 11.9 Å². The summed E-state index contributed by atoms with van der Waals surface area (Å²) < 4.78 is 10.5. The van der Waals surface area contributed by atoms with Gasteiger partial charge in [0.1, 0.15) is 5.76 Å². The standard InChI is InChI=1S/C20H28O4/c1-19-9-4-5-14(19)12-6-7-16-20(2,15(12)8-10-19)11-13(17(21)23-3)18(22)24-16/h7,12-15H,4-6,8-11H2,1-3H3/t12-,13?,14-,15+,19-,20+/m0/s1. The molecule has 1 saturated heterocycles. The van der Waals surface area contributed by atoms with Gasteiger partial charge in [0.15, 0.2) is 5.92 Å². The van der Waals surface area contributed by atoms with Crippen LogP contribution in [0, 0.1) is 34.5 Å². The molecule has 0 spiro atoms. The Bertz CT molecular complexity index is 609. The molecule has 0 aromatic heterocycles. The van der Waals surface area contributed by atoms with Crippen molar-refractivity contribution in [3.8, 4) is 0 Å². The van der Waals surface area contributed by atoms with Crippen LogP contribution < -0.4 is 0 Å². The van der Waals surface area contributed by atoms with Crippen LogP contribution in [-0.2, 0) is 19.1 Å². The zero-order valence-corrected chi connectivity index (χ0v) is 15.0. The van der Waals surface area contributed by atoms with Crippen LogP contribution in [0.25, 0.3) is 0 Å². The van der Waals surface area contributed by atoms with E-state index in [2.05, 4.69) is 19.9 Å². The SMILES string of the molecule is COC(=O)C1C[C@@]2(C)C(=CC[C@@H]3[C@H]2CC[C@]2(C)CCC[C@@H]32)OC1=O. The minimum Gasteiger partial charge on any atom is -0.468 e. The third-order valence-corrected chi connectivity index (χ3v) is 7.78. The molecule has 1 unspecified atom stereocenters. The maximum Gasteiger partial charge on any atom is 0.325 e. The molecule has 6 atom stereocenters. The van der Waals surface area contributed by atoms with E-state index in [1.54, 1.807) is 0 Å².